The molecular weight excluding hydrogens is 244 g/mol. The van der Waals surface area contributed by atoms with Crippen LogP contribution in [0.15, 0.2) is 0 Å². The lowest BCUT2D eigenvalue weighted by Crippen LogP contribution is -2.50. The van der Waals surface area contributed by atoms with Crippen molar-refractivity contribution in [2.45, 2.75) is 38.1 Å². The van der Waals surface area contributed by atoms with Gasteiger partial charge in [-0.15, -0.1) is 0 Å². The molecule has 0 radical (unpaired) electrons. The zero-order valence-electron chi connectivity index (χ0n) is 10.2. The van der Waals surface area contributed by atoms with E-state index in [1.54, 1.807) is 0 Å². The Kier molecular flexibility index (Phi) is 4.91. The van der Waals surface area contributed by atoms with Crippen molar-refractivity contribution in [2.75, 3.05) is 14.1 Å². The van der Waals surface area contributed by atoms with E-state index in [9.17, 15) is 13.2 Å². The van der Waals surface area contributed by atoms with Crippen LogP contribution < -0.4 is 4.72 Å². The Bertz CT molecular complexity index is 361. The third kappa shape index (κ3) is 3.93. The van der Waals surface area contributed by atoms with Gasteiger partial charge in [0, 0.05) is 14.1 Å². The molecule has 0 aliphatic heterocycles. The van der Waals surface area contributed by atoms with Gasteiger partial charge in [0.1, 0.15) is 6.04 Å². The van der Waals surface area contributed by atoms with Crippen molar-refractivity contribution in [3.8, 4) is 0 Å². The molecule has 0 saturated heterocycles. The van der Waals surface area contributed by atoms with Gasteiger partial charge in [0.15, 0.2) is 0 Å². The van der Waals surface area contributed by atoms with Gasteiger partial charge in [-0.2, -0.15) is 17.4 Å². The number of nitrogens with zero attached hydrogens (tertiary/aromatic N) is 1. The van der Waals surface area contributed by atoms with E-state index in [0.29, 0.717) is 0 Å². The molecule has 6 nitrogen and oxygen atoms in total. The molecule has 100 valence electrons. The minimum Gasteiger partial charge on any atom is -0.480 e. The topological polar surface area (TPSA) is 86.7 Å². The Morgan fingerprint density at radius 1 is 1.29 bits per heavy atom. The molecule has 7 heteroatoms. The maximum atomic E-state index is 11.6. The van der Waals surface area contributed by atoms with Crippen LogP contribution in [0.2, 0.25) is 0 Å². The van der Waals surface area contributed by atoms with Crippen LogP contribution in [-0.2, 0) is 15.0 Å². The quantitative estimate of drug-likeness (QED) is 0.753. The Morgan fingerprint density at radius 3 is 2.24 bits per heavy atom. The fraction of sp³-hybridized carbons (Fsp3) is 0.900. The fourth-order valence-corrected chi connectivity index (χ4v) is 2.91. The summed E-state index contributed by atoms with van der Waals surface area (Å²) in [6.07, 6.45) is 4.58. The second-order valence-corrected chi connectivity index (χ2v) is 6.54. The lowest BCUT2D eigenvalue weighted by molar-refractivity contribution is -0.140. The van der Waals surface area contributed by atoms with Gasteiger partial charge in [-0.3, -0.25) is 4.79 Å². The zero-order chi connectivity index (χ0) is 13.1. The van der Waals surface area contributed by atoms with Gasteiger partial charge in [0.25, 0.3) is 10.2 Å². The van der Waals surface area contributed by atoms with Crippen LogP contribution in [0.5, 0.6) is 0 Å². The first-order chi connectivity index (χ1) is 7.84. The van der Waals surface area contributed by atoms with Crippen LogP contribution >= 0.6 is 0 Å². The average molecular weight is 264 g/mol. The first-order valence-electron chi connectivity index (χ1n) is 5.77. The molecule has 1 fully saturated rings. The van der Waals surface area contributed by atoms with Gasteiger partial charge in [-0.25, -0.2) is 0 Å². The first-order valence-corrected chi connectivity index (χ1v) is 7.21. The normalized spacial score (nSPS) is 20.4. The van der Waals surface area contributed by atoms with Crippen LogP contribution in [-0.4, -0.2) is 43.9 Å². The molecule has 0 heterocycles. The summed E-state index contributed by atoms with van der Waals surface area (Å²) in [4.78, 5) is 11.2. The van der Waals surface area contributed by atoms with Crippen molar-refractivity contribution in [3.63, 3.8) is 0 Å². The SMILES string of the molecule is CN(C)S(=O)(=O)NC(C(=O)O)C1CCCCC1. The van der Waals surface area contributed by atoms with E-state index in [-0.39, 0.29) is 5.92 Å². The Hall–Kier alpha value is -0.660. The number of aliphatic carboxylic acids is 1. The maximum Gasteiger partial charge on any atom is 0.322 e. The highest BCUT2D eigenvalue weighted by Crippen LogP contribution is 2.27. The zero-order valence-corrected chi connectivity index (χ0v) is 11.0. The van der Waals surface area contributed by atoms with Crippen molar-refractivity contribution < 1.29 is 18.3 Å². The van der Waals surface area contributed by atoms with Crippen molar-refractivity contribution in [1.82, 2.24) is 9.03 Å². The average Bonchev–Trinajstić information content (AvgIpc) is 2.26. The summed E-state index contributed by atoms with van der Waals surface area (Å²) in [6.45, 7) is 0. The maximum absolute atomic E-state index is 11.6. The second kappa shape index (κ2) is 5.79. The third-order valence-electron chi connectivity index (χ3n) is 3.14. The number of carboxylic acid groups (broad SMARTS) is 1. The molecule has 1 unspecified atom stereocenters. The number of hydrogen-bond donors (Lipinski definition) is 2. The standard InChI is InChI=1S/C10H20N2O4S/c1-12(2)17(15,16)11-9(10(13)14)8-6-4-3-5-7-8/h8-9,11H,3-7H2,1-2H3,(H,13,14). The van der Waals surface area contributed by atoms with Crippen molar-refractivity contribution in [1.29, 1.82) is 0 Å². The predicted molar refractivity (Wildman–Crippen MR) is 63.7 cm³/mol. The molecule has 2 N–H and O–H groups in total. The summed E-state index contributed by atoms with van der Waals surface area (Å²) < 4.78 is 26.5. The smallest absolute Gasteiger partial charge is 0.322 e. The predicted octanol–water partition coefficient (Wildman–Crippen LogP) is 0.416. The third-order valence-corrected chi connectivity index (χ3v) is 4.66. The highest BCUT2D eigenvalue weighted by atomic mass is 32.2. The lowest BCUT2D eigenvalue weighted by Gasteiger charge is -2.28. The fourth-order valence-electron chi connectivity index (χ4n) is 2.08. The highest BCUT2D eigenvalue weighted by Gasteiger charge is 2.33. The highest BCUT2D eigenvalue weighted by molar-refractivity contribution is 7.87. The van der Waals surface area contributed by atoms with Crippen LogP contribution in [0.1, 0.15) is 32.1 Å². The van der Waals surface area contributed by atoms with E-state index >= 15 is 0 Å². The molecule has 1 rings (SSSR count). The molecule has 17 heavy (non-hydrogen) atoms. The summed E-state index contributed by atoms with van der Waals surface area (Å²) in [6, 6.07) is -1.01. The number of hydrogen-bond acceptors (Lipinski definition) is 3. The summed E-state index contributed by atoms with van der Waals surface area (Å²) >= 11 is 0. The van der Waals surface area contributed by atoms with Crippen molar-refractivity contribution >= 4 is 16.2 Å². The summed E-state index contributed by atoms with van der Waals surface area (Å²) in [7, 11) is -0.935. The summed E-state index contributed by atoms with van der Waals surface area (Å²) in [5.41, 5.74) is 0. The molecule has 1 aliphatic rings. The van der Waals surface area contributed by atoms with Gasteiger partial charge in [-0.1, -0.05) is 19.3 Å². The van der Waals surface area contributed by atoms with Crippen LogP contribution in [0.25, 0.3) is 0 Å². The molecule has 0 spiro atoms. The summed E-state index contributed by atoms with van der Waals surface area (Å²) in [5, 5.41) is 9.13. The van der Waals surface area contributed by atoms with Gasteiger partial charge in [0.05, 0.1) is 0 Å². The molecule has 0 aromatic rings. The Morgan fingerprint density at radius 2 is 1.82 bits per heavy atom. The van der Waals surface area contributed by atoms with Crippen LogP contribution in [0, 0.1) is 5.92 Å². The molecule has 0 aromatic carbocycles. The van der Waals surface area contributed by atoms with Crippen LogP contribution in [0.4, 0.5) is 0 Å². The van der Waals surface area contributed by atoms with E-state index in [2.05, 4.69) is 4.72 Å². The molecule has 1 aliphatic carbocycles. The molecule has 0 aromatic heterocycles. The number of nitrogens with one attached hydrogen (secondary N) is 1. The van der Waals surface area contributed by atoms with Gasteiger partial charge >= 0.3 is 5.97 Å². The largest absolute Gasteiger partial charge is 0.480 e. The Balaban J connectivity index is 2.76. The molecule has 1 saturated carbocycles. The second-order valence-electron chi connectivity index (χ2n) is 4.62. The molecule has 0 bridgehead atoms. The minimum atomic E-state index is -3.69. The molecule has 1 atom stereocenters. The summed E-state index contributed by atoms with van der Waals surface area (Å²) in [5.74, 6) is -1.20. The molecule has 0 amide bonds. The van der Waals surface area contributed by atoms with E-state index < -0.39 is 22.2 Å². The van der Waals surface area contributed by atoms with Crippen LogP contribution in [0.3, 0.4) is 0 Å². The monoisotopic (exact) mass is 264 g/mol. The van der Waals surface area contributed by atoms with E-state index in [4.69, 9.17) is 5.11 Å². The first kappa shape index (κ1) is 14.4. The van der Waals surface area contributed by atoms with Gasteiger partial charge in [-0.05, 0) is 18.8 Å². The van der Waals surface area contributed by atoms with Gasteiger partial charge < -0.3 is 5.11 Å². The number of carboxylic acids is 1. The Labute approximate surface area is 102 Å². The van der Waals surface area contributed by atoms with Crippen molar-refractivity contribution in [2.24, 2.45) is 5.92 Å². The van der Waals surface area contributed by atoms with E-state index in [0.717, 1.165) is 36.4 Å². The van der Waals surface area contributed by atoms with Gasteiger partial charge in [0.2, 0.25) is 0 Å². The lowest BCUT2D eigenvalue weighted by atomic mass is 9.84. The number of carbonyl (C=O) groups is 1. The van der Waals surface area contributed by atoms with E-state index in [1.807, 2.05) is 0 Å². The molecular formula is C10H20N2O4S. The number of rotatable bonds is 5. The van der Waals surface area contributed by atoms with Crippen molar-refractivity contribution in [3.05, 3.63) is 0 Å². The van der Waals surface area contributed by atoms with E-state index in [1.165, 1.54) is 14.1 Å². The minimum absolute atomic E-state index is 0.101.